The van der Waals surface area contributed by atoms with Crippen LogP contribution in [0.2, 0.25) is 0 Å². The van der Waals surface area contributed by atoms with E-state index in [9.17, 15) is 4.79 Å². The van der Waals surface area contributed by atoms with E-state index < -0.39 is 6.10 Å². The van der Waals surface area contributed by atoms with Crippen molar-refractivity contribution in [3.63, 3.8) is 0 Å². The Labute approximate surface area is 328 Å². The smallest absolute Gasteiger partial charge is 0.148 e. The van der Waals surface area contributed by atoms with Gasteiger partial charge in [0.2, 0.25) is 0 Å². The third kappa shape index (κ3) is 24.2. The van der Waals surface area contributed by atoms with Crippen LogP contribution in [0.4, 0.5) is 0 Å². The molecule has 314 valence electrons. The monoisotopic (exact) mass is 767 g/mol. The fourth-order valence-electron chi connectivity index (χ4n) is 7.28. The van der Waals surface area contributed by atoms with E-state index in [1.165, 1.54) is 57.8 Å². The molecule has 0 amide bonds. The predicted octanol–water partition coefficient (Wildman–Crippen LogP) is 10.1. The number of carbonyl (C=O) groups excluding carboxylic acids is 1. The van der Waals surface area contributed by atoms with Crippen LogP contribution in [-0.2, 0) is 54.0 Å². The molecule has 0 aromatic heterocycles. The van der Waals surface area contributed by atoms with Crippen LogP contribution in [0.15, 0.2) is 30.3 Å². The van der Waals surface area contributed by atoms with Crippen molar-refractivity contribution in [2.75, 3.05) is 48.5 Å². The Balaban J connectivity index is 1.85. The van der Waals surface area contributed by atoms with Crippen molar-refractivity contribution in [2.45, 2.75) is 191 Å². The summed E-state index contributed by atoms with van der Waals surface area (Å²) in [6.45, 7) is 3.73. The second kappa shape index (κ2) is 34.8. The maximum atomic E-state index is 11.3. The summed E-state index contributed by atoms with van der Waals surface area (Å²) in [5, 5.41) is 0. The molecule has 1 unspecified atom stereocenters. The van der Waals surface area contributed by atoms with Crippen LogP contribution in [0.1, 0.15) is 154 Å². The summed E-state index contributed by atoms with van der Waals surface area (Å²) in [5.74, 6) is 0. The second-order valence-corrected chi connectivity index (χ2v) is 14.9. The summed E-state index contributed by atoms with van der Waals surface area (Å²) in [6.07, 6.45) is 25.2. The number of benzene rings is 1. The Hall–Kier alpha value is -1.47. The van der Waals surface area contributed by atoms with E-state index in [-0.39, 0.29) is 57.7 Å². The van der Waals surface area contributed by atoms with Gasteiger partial charge in [-0.1, -0.05) is 134 Å². The van der Waals surface area contributed by atoms with Crippen LogP contribution >= 0.6 is 0 Å². The molecule has 0 N–H and O–H groups in total. The predicted molar refractivity (Wildman–Crippen MR) is 213 cm³/mol. The van der Waals surface area contributed by atoms with Gasteiger partial charge in [-0.15, -0.1) is 0 Å². The third-order valence-electron chi connectivity index (χ3n) is 10.4. The highest BCUT2D eigenvalue weighted by Crippen LogP contribution is 2.31. The molecule has 0 saturated carbocycles. The topological polar surface area (TPSA) is 100 Å². The Bertz CT molecular complexity index is 953. The first-order valence-corrected chi connectivity index (χ1v) is 21.3. The van der Waals surface area contributed by atoms with Gasteiger partial charge in [-0.05, 0) is 50.5 Å². The molecule has 0 radical (unpaired) electrons. The molecule has 0 aliphatic carbocycles. The van der Waals surface area contributed by atoms with Gasteiger partial charge in [-0.2, -0.15) is 0 Å². The standard InChI is InChI=1S/C44H78O10/c1-5-6-7-8-9-10-11-12-13-20-28-41(52-36-48-4)43-30-31-44(54-43)42(53-37-49-33-38-23-16-14-17-24-38)29-22-21-26-39(50-34-46-2)25-18-15-19-27-40(32-45)51-35-47-3/h14,16-17,23-24,32,39-44H,5-13,15,18-22,25-31,33-37H2,1-4H3/t39?,40-,41+,42-,43+,44+/m1/s1. The van der Waals surface area contributed by atoms with Gasteiger partial charge in [0.15, 0.2) is 0 Å². The van der Waals surface area contributed by atoms with Crippen LogP contribution in [0.3, 0.4) is 0 Å². The van der Waals surface area contributed by atoms with Crippen LogP contribution < -0.4 is 0 Å². The molecule has 1 aromatic rings. The number of hydrogen-bond donors (Lipinski definition) is 0. The van der Waals surface area contributed by atoms with Gasteiger partial charge in [0.1, 0.15) is 39.6 Å². The van der Waals surface area contributed by atoms with Gasteiger partial charge in [-0.25, -0.2) is 0 Å². The second-order valence-electron chi connectivity index (χ2n) is 14.9. The molecule has 1 saturated heterocycles. The Morgan fingerprint density at radius 1 is 0.593 bits per heavy atom. The lowest BCUT2D eigenvalue weighted by Crippen LogP contribution is -2.34. The number of rotatable bonds is 39. The summed E-state index contributed by atoms with van der Waals surface area (Å²) in [4.78, 5) is 11.3. The van der Waals surface area contributed by atoms with Gasteiger partial charge in [0.05, 0.1) is 37.1 Å². The largest absolute Gasteiger partial charge is 0.370 e. The quantitative estimate of drug-likeness (QED) is 0.0366. The highest BCUT2D eigenvalue weighted by Gasteiger charge is 2.36. The molecule has 1 fully saturated rings. The van der Waals surface area contributed by atoms with Crippen LogP contribution in [0.5, 0.6) is 0 Å². The number of ether oxygens (including phenoxy) is 9. The van der Waals surface area contributed by atoms with Crippen molar-refractivity contribution < 1.29 is 47.4 Å². The zero-order valence-electron chi connectivity index (χ0n) is 34.6. The number of carbonyl (C=O) groups is 1. The van der Waals surface area contributed by atoms with Crippen molar-refractivity contribution >= 4 is 6.29 Å². The van der Waals surface area contributed by atoms with Gasteiger partial charge in [0, 0.05) is 21.3 Å². The number of hydrogen-bond acceptors (Lipinski definition) is 10. The highest BCUT2D eigenvalue weighted by molar-refractivity contribution is 5.55. The minimum absolute atomic E-state index is 0.000256. The van der Waals surface area contributed by atoms with Crippen molar-refractivity contribution in [3.05, 3.63) is 35.9 Å². The zero-order chi connectivity index (χ0) is 38.7. The summed E-state index contributed by atoms with van der Waals surface area (Å²) < 4.78 is 52.3. The molecule has 10 nitrogen and oxygen atoms in total. The molecule has 1 aliphatic heterocycles. The van der Waals surface area contributed by atoms with Crippen LogP contribution in [-0.4, -0.2) is 91.4 Å². The molecular formula is C44H78O10. The van der Waals surface area contributed by atoms with Crippen molar-refractivity contribution in [2.24, 2.45) is 0 Å². The van der Waals surface area contributed by atoms with Crippen molar-refractivity contribution in [3.8, 4) is 0 Å². The van der Waals surface area contributed by atoms with Crippen molar-refractivity contribution in [1.82, 2.24) is 0 Å². The van der Waals surface area contributed by atoms with E-state index in [0.29, 0.717) is 13.0 Å². The molecule has 2 rings (SSSR count). The van der Waals surface area contributed by atoms with E-state index in [1.54, 1.807) is 21.3 Å². The summed E-state index contributed by atoms with van der Waals surface area (Å²) in [6, 6.07) is 10.2. The van der Waals surface area contributed by atoms with E-state index in [0.717, 1.165) is 88.9 Å². The van der Waals surface area contributed by atoms with Gasteiger partial charge in [0.25, 0.3) is 0 Å². The third-order valence-corrected chi connectivity index (χ3v) is 10.4. The minimum atomic E-state index is -0.406. The SMILES string of the molecule is CCCCCCCCCCCC[C@H](OCOC)[C@@H]1CC[C@@H]([C@@H](CCCCC(CCCCC[C@H](C=O)OCOC)OCOC)OCOCc2ccccc2)O1. The van der Waals surface area contributed by atoms with Crippen molar-refractivity contribution in [1.29, 1.82) is 0 Å². The molecule has 10 heteroatoms. The lowest BCUT2D eigenvalue weighted by Gasteiger charge is -2.27. The van der Waals surface area contributed by atoms with E-state index in [1.807, 2.05) is 18.2 Å². The highest BCUT2D eigenvalue weighted by atomic mass is 16.7. The summed E-state index contributed by atoms with van der Waals surface area (Å²) in [5.41, 5.74) is 1.13. The average molecular weight is 767 g/mol. The minimum Gasteiger partial charge on any atom is -0.370 e. The normalized spacial score (nSPS) is 18.1. The summed E-state index contributed by atoms with van der Waals surface area (Å²) >= 11 is 0. The summed E-state index contributed by atoms with van der Waals surface area (Å²) in [7, 11) is 4.91. The number of aldehydes is 1. The first-order valence-electron chi connectivity index (χ1n) is 21.3. The van der Waals surface area contributed by atoms with Crippen LogP contribution in [0, 0.1) is 0 Å². The number of methoxy groups -OCH3 is 3. The molecule has 1 aromatic carbocycles. The lowest BCUT2D eigenvalue weighted by molar-refractivity contribution is -0.165. The maximum absolute atomic E-state index is 11.3. The molecule has 6 atom stereocenters. The van der Waals surface area contributed by atoms with Gasteiger partial charge in [-0.3, -0.25) is 0 Å². The Kier molecular flexibility index (Phi) is 31.3. The fourth-order valence-corrected chi connectivity index (χ4v) is 7.28. The molecular weight excluding hydrogens is 688 g/mol. The molecule has 0 spiro atoms. The van der Waals surface area contributed by atoms with E-state index >= 15 is 0 Å². The van der Waals surface area contributed by atoms with E-state index in [4.69, 9.17) is 42.6 Å². The fraction of sp³-hybridized carbons (Fsp3) is 0.841. The first-order chi connectivity index (χ1) is 26.6. The zero-order valence-corrected chi connectivity index (χ0v) is 34.6. The van der Waals surface area contributed by atoms with E-state index in [2.05, 4.69) is 19.1 Å². The molecule has 54 heavy (non-hydrogen) atoms. The Morgan fingerprint density at radius 2 is 1.07 bits per heavy atom. The lowest BCUT2D eigenvalue weighted by atomic mass is 9.99. The van der Waals surface area contributed by atoms with Crippen LogP contribution in [0.25, 0.3) is 0 Å². The van der Waals surface area contributed by atoms with Gasteiger partial charge < -0.3 is 47.4 Å². The maximum Gasteiger partial charge on any atom is 0.148 e. The van der Waals surface area contributed by atoms with Gasteiger partial charge >= 0.3 is 0 Å². The number of unbranched alkanes of at least 4 members (excludes halogenated alkanes) is 12. The molecule has 0 bridgehead atoms. The average Bonchev–Trinajstić information content (AvgIpc) is 3.69. The molecule has 1 heterocycles. The molecule has 1 aliphatic rings. The Morgan fingerprint density at radius 3 is 1.69 bits per heavy atom. The first kappa shape index (κ1) is 48.7.